The Morgan fingerprint density at radius 1 is 0.771 bits per heavy atom. The van der Waals surface area contributed by atoms with Gasteiger partial charge in [0.2, 0.25) is 5.75 Å². The number of aromatic nitrogens is 2. The molecule has 0 spiro atoms. The topological polar surface area (TPSA) is 178 Å². The highest BCUT2D eigenvalue weighted by Gasteiger charge is 2.21. The van der Waals surface area contributed by atoms with Crippen molar-refractivity contribution in [3.63, 3.8) is 0 Å². The van der Waals surface area contributed by atoms with Crippen LogP contribution in [0.2, 0.25) is 0 Å². The third-order valence-corrected chi connectivity index (χ3v) is 7.81. The second-order valence-electron chi connectivity index (χ2n) is 9.95. The molecule has 0 aliphatic carbocycles. The second kappa shape index (κ2) is 14.4. The summed E-state index contributed by atoms with van der Waals surface area (Å²) >= 11 is 1.17. The van der Waals surface area contributed by atoms with E-state index in [1.807, 2.05) is 42.5 Å². The zero-order valence-corrected chi connectivity index (χ0v) is 26.8. The number of nitrogens with zero attached hydrogens (tertiary/aromatic N) is 4. The molecule has 14 nitrogen and oxygen atoms in total. The zero-order chi connectivity index (χ0) is 34.4. The molecule has 0 atom stereocenters. The Balaban J connectivity index is 1.46. The molecule has 0 saturated heterocycles. The lowest BCUT2D eigenvalue weighted by Crippen LogP contribution is -2.12. The Morgan fingerprint density at radius 2 is 1.38 bits per heavy atom. The number of methoxy groups -OCH3 is 4. The number of non-ortho nitro benzene ring substituents is 2. The third-order valence-electron chi connectivity index (χ3n) is 7.05. The SMILES string of the molecule is COc1ccc(/C=C(\c2cc(OC)c(OC)c(OC)c2)c2nsc(-c3ccc(NC(=O)c4cc([N+](=O)[O-])cc([N+](=O)[O-])c4)cc3)n2)cc1. The molecule has 0 unspecified atom stereocenters. The number of nitro groups is 2. The van der Waals surface area contributed by atoms with Crippen LogP contribution in [0.25, 0.3) is 22.2 Å². The van der Waals surface area contributed by atoms with Gasteiger partial charge in [0.1, 0.15) is 10.8 Å². The fraction of sp³-hybridized carbons (Fsp3) is 0.121. The standard InChI is InChI=1S/C33H27N5O9S/c1-44-26-11-5-19(6-12-26)13-27(21-16-28(45-2)30(47-4)29(17-21)46-3)31-35-33(48-36-31)20-7-9-23(10-8-20)34-32(39)22-14-24(37(40)41)18-25(15-22)38(42)43/h5-18H,1-4H3,(H,34,39)/b27-13+. The highest BCUT2D eigenvalue weighted by atomic mass is 32.1. The molecule has 4 aromatic carbocycles. The van der Waals surface area contributed by atoms with Crippen molar-refractivity contribution in [2.75, 3.05) is 33.8 Å². The highest BCUT2D eigenvalue weighted by molar-refractivity contribution is 7.09. The first-order valence-corrected chi connectivity index (χ1v) is 14.8. The van der Waals surface area contributed by atoms with Gasteiger partial charge < -0.3 is 24.3 Å². The van der Waals surface area contributed by atoms with Gasteiger partial charge in [-0.2, -0.15) is 4.37 Å². The van der Waals surface area contributed by atoms with Gasteiger partial charge in [0.15, 0.2) is 17.3 Å². The molecule has 1 N–H and O–H groups in total. The van der Waals surface area contributed by atoms with Crippen LogP contribution in [0.3, 0.4) is 0 Å². The minimum atomic E-state index is -0.797. The van der Waals surface area contributed by atoms with E-state index < -0.39 is 27.1 Å². The number of nitro benzene ring substituents is 2. The Labute approximate surface area is 277 Å². The first kappa shape index (κ1) is 33.0. The summed E-state index contributed by atoms with van der Waals surface area (Å²) in [6, 6.07) is 20.6. The normalized spacial score (nSPS) is 11.0. The summed E-state index contributed by atoms with van der Waals surface area (Å²) in [5.74, 6) is 1.76. The molecule has 0 bridgehead atoms. The van der Waals surface area contributed by atoms with Gasteiger partial charge in [0.05, 0.1) is 49.9 Å². The molecule has 0 aliphatic heterocycles. The first-order chi connectivity index (χ1) is 23.1. The minimum Gasteiger partial charge on any atom is -0.497 e. The Kier molecular flexibility index (Phi) is 9.90. The van der Waals surface area contributed by atoms with Crippen molar-refractivity contribution in [3.8, 4) is 33.6 Å². The molecule has 1 heterocycles. The lowest BCUT2D eigenvalue weighted by molar-refractivity contribution is -0.394. The summed E-state index contributed by atoms with van der Waals surface area (Å²) in [5, 5.41) is 25.6. The number of benzene rings is 4. The van der Waals surface area contributed by atoms with Crippen molar-refractivity contribution in [2.45, 2.75) is 0 Å². The van der Waals surface area contributed by atoms with Crippen LogP contribution in [0.4, 0.5) is 17.1 Å². The van der Waals surface area contributed by atoms with Crippen molar-refractivity contribution in [3.05, 3.63) is 122 Å². The zero-order valence-electron chi connectivity index (χ0n) is 26.0. The fourth-order valence-electron chi connectivity index (χ4n) is 4.67. The van der Waals surface area contributed by atoms with E-state index in [-0.39, 0.29) is 5.56 Å². The summed E-state index contributed by atoms with van der Waals surface area (Å²) in [6.07, 6.45) is 1.93. The van der Waals surface area contributed by atoms with Crippen LogP contribution >= 0.6 is 11.5 Å². The molecule has 244 valence electrons. The van der Waals surface area contributed by atoms with Gasteiger partial charge in [0, 0.05) is 29.0 Å². The minimum absolute atomic E-state index is 0.225. The number of anilines is 1. The molecule has 5 rings (SSSR count). The first-order valence-electron chi connectivity index (χ1n) is 14.0. The van der Waals surface area contributed by atoms with Crippen LogP contribution in [0.5, 0.6) is 23.0 Å². The van der Waals surface area contributed by atoms with E-state index >= 15 is 0 Å². The second-order valence-corrected chi connectivity index (χ2v) is 10.7. The van der Waals surface area contributed by atoms with Gasteiger partial charge in [-0.3, -0.25) is 25.0 Å². The van der Waals surface area contributed by atoms with Crippen LogP contribution in [0.15, 0.2) is 78.9 Å². The van der Waals surface area contributed by atoms with Gasteiger partial charge in [-0.15, -0.1) is 0 Å². The van der Waals surface area contributed by atoms with E-state index in [0.29, 0.717) is 56.2 Å². The van der Waals surface area contributed by atoms with Crippen LogP contribution < -0.4 is 24.3 Å². The molecular formula is C33H27N5O9S. The maximum Gasteiger partial charge on any atom is 0.277 e. The molecule has 0 radical (unpaired) electrons. The summed E-state index contributed by atoms with van der Waals surface area (Å²) in [5.41, 5.74) is 1.96. The smallest absolute Gasteiger partial charge is 0.277 e. The Morgan fingerprint density at radius 3 is 1.90 bits per heavy atom. The highest BCUT2D eigenvalue weighted by Crippen LogP contribution is 2.41. The summed E-state index contributed by atoms with van der Waals surface area (Å²) in [7, 11) is 6.19. The number of carbonyl (C=O) groups is 1. The van der Waals surface area contributed by atoms with Crippen LogP contribution in [-0.4, -0.2) is 53.6 Å². The van der Waals surface area contributed by atoms with Gasteiger partial charge in [0.25, 0.3) is 17.3 Å². The predicted molar refractivity (Wildman–Crippen MR) is 179 cm³/mol. The lowest BCUT2D eigenvalue weighted by atomic mass is 10.0. The number of carbonyl (C=O) groups excluding carboxylic acids is 1. The maximum atomic E-state index is 12.8. The number of hydrogen-bond donors (Lipinski definition) is 1. The van der Waals surface area contributed by atoms with Crippen LogP contribution in [0.1, 0.15) is 27.3 Å². The number of amides is 1. The number of hydrogen-bond acceptors (Lipinski definition) is 12. The molecule has 5 aromatic rings. The maximum absolute atomic E-state index is 12.8. The predicted octanol–water partition coefficient (Wildman–Crippen LogP) is 6.90. The van der Waals surface area contributed by atoms with E-state index in [1.54, 1.807) is 31.4 Å². The molecule has 15 heteroatoms. The van der Waals surface area contributed by atoms with E-state index in [2.05, 4.69) is 9.69 Å². The van der Waals surface area contributed by atoms with Crippen molar-refractivity contribution < 1.29 is 33.6 Å². The molecule has 0 saturated carbocycles. The summed E-state index contributed by atoms with van der Waals surface area (Å²) in [6.45, 7) is 0. The van der Waals surface area contributed by atoms with Crippen LogP contribution in [0, 0.1) is 20.2 Å². The van der Waals surface area contributed by atoms with E-state index in [9.17, 15) is 25.0 Å². The molecule has 1 aromatic heterocycles. The van der Waals surface area contributed by atoms with Gasteiger partial charge in [-0.25, -0.2) is 4.98 Å². The molecule has 0 aliphatic rings. The third kappa shape index (κ3) is 7.21. The van der Waals surface area contributed by atoms with E-state index in [1.165, 1.54) is 32.9 Å². The average Bonchev–Trinajstić information content (AvgIpc) is 3.60. The van der Waals surface area contributed by atoms with Gasteiger partial charge in [-0.05, 0) is 77.3 Å². The van der Waals surface area contributed by atoms with Crippen molar-refractivity contribution in [1.82, 2.24) is 9.36 Å². The monoisotopic (exact) mass is 669 g/mol. The van der Waals surface area contributed by atoms with Crippen molar-refractivity contribution in [2.24, 2.45) is 0 Å². The molecular weight excluding hydrogens is 642 g/mol. The number of ether oxygens (including phenoxy) is 4. The van der Waals surface area contributed by atoms with Crippen LogP contribution in [-0.2, 0) is 0 Å². The molecule has 1 amide bonds. The number of nitrogens with one attached hydrogen (secondary N) is 1. The lowest BCUT2D eigenvalue weighted by Gasteiger charge is -2.15. The van der Waals surface area contributed by atoms with E-state index in [0.717, 1.165) is 23.8 Å². The quantitative estimate of drug-likeness (QED) is 0.0830. The largest absolute Gasteiger partial charge is 0.497 e. The molecule has 0 fully saturated rings. The Hall–Kier alpha value is -6.35. The Bertz CT molecular complexity index is 1970. The van der Waals surface area contributed by atoms with Gasteiger partial charge >= 0.3 is 0 Å². The summed E-state index contributed by atoms with van der Waals surface area (Å²) in [4.78, 5) is 38.5. The number of rotatable bonds is 12. The van der Waals surface area contributed by atoms with Crippen molar-refractivity contribution >= 4 is 46.2 Å². The van der Waals surface area contributed by atoms with E-state index in [4.69, 9.17) is 23.9 Å². The fourth-order valence-corrected chi connectivity index (χ4v) is 5.35. The average molecular weight is 670 g/mol. The summed E-state index contributed by atoms with van der Waals surface area (Å²) < 4.78 is 26.6. The molecule has 48 heavy (non-hydrogen) atoms. The van der Waals surface area contributed by atoms with Crippen molar-refractivity contribution in [1.29, 1.82) is 0 Å². The van der Waals surface area contributed by atoms with Gasteiger partial charge in [-0.1, -0.05) is 12.1 Å².